The molecule has 1 aromatic carbocycles. The Morgan fingerprint density at radius 2 is 1.98 bits per heavy atom. The van der Waals surface area contributed by atoms with Crippen LogP contribution in [0.1, 0.15) is 40.8 Å². The average molecular weight is 631 g/mol. The number of fused-ring (bicyclic) bond motifs is 1. The van der Waals surface area contributed by atoms with Crippen LogP contribution in [-0.4, -0.2) is 78.5 Å². The zero-order chi connectivity index (χ0) is 29.9. The van der Waals surface area contributed by atoms with Crippen molar-refractivity contribution in [3.63, 3.8) is 0 Å². The van der Waals surface area contributed by atoms with E-state index in [1.807, 2.05) is 26.8 Å². The number of nitrogens with one attached hydrogen (secondary N) is 1. The Morgan fingerprint density at radius 1 is 1.27 bits per heavy atom. The lowest BCUT2D eigenvalue weighted by Gasteiger charge is -2.30. The standard InChI is InChI=1S/C25H36ClN6O7PS/c1-6-35-21-18-20(29-24(27)30-21)32(13-28-18)23-25(5,26)19(33)17(38-23)12-36-40(41,39-16-10-8-7-9-11-16)31-15(4)22(34)37-14(2)3/h7-11,13-15,17,19,22-23,33-34H,6,12H2,1-5H3,(H,31,41)(H2,27,29,30). The summed E-state index contributed by atoms with van der Waals surface area (Å²) in [7, 11) is 0. The lowest BCUT2D eigenvalue weighted by Crippen LogP contribution is -2.41. The molecule has 5 N–H and O–H groups in total. The highest BCUT2D eigenvalue weighted by Crippen LogP contribution is 2.49. The number of hydrogen-bond donors (Lipinski definition) is 4. The summed E-state index contributed by atoms with van der Waals surface area (Å²) in [6.45, 7) is 5.63. The van der Waals surface area contributed by atoms with E-state index in [9.17, 15) is 10.2 Å². The van der Waals surface area contributed by atoms with Crippen LogP contribution in [-0.2, 0) is 25.8 Å². The maximum absolute atomic E-state index is 11.2. The first-order valence-corrected chi connectivity index (χ1v) is 16.1. The second-order valence-electron chi connectivity index (χ2n) is 9.96. The summed E-state index contributed by atoms with van der Waals surface area (Å²) in [5.41, 5.74) is 6.61. The minimum absolute atomic E-state index is 0.0139. The van der Waals surface area contributed by atoms with Gasteiger partial charge < -0.3 is 39.2 Å². The van der Waals surface area contributed by atoms with Gasteiger partial charge in [0.1, 0.15) is 22.8 Å². The minimum Gasteiger partial charge on any atom is -0.476 e. The fourth-order valence-electron chi connectivity index (χ4n) is 4.26. The number of hydrogen-bond acceptors (Lipinski definition) is 12. The van der Waals surface area contributed by atoms with E-state index < -0.39 is 42.3 Å². The first kappa shape index (κ1) is 31.8. The molecule has 7 unspecified atom stereocenters. The number of benzene rings is 1. The van der Waals surface area contributed by atoms with Crippen LogP contribution in [0.3, 0.4) is 0 Å². The zero-order valence-corrected chi connectivity index (χ0v) is 25.8. The third-order valence-electron chi connectivity index (χ3n) is 6.24. The number of aromatic nitrogens is 4. The lowest BCUT2D eigenvalue weighted by molar-refractivity contribution is -0.137. The van der Waals surface area contributed by atoms with Gasteiger partial charge in [-0.05, 0) is 58.6 Å². The Kier molecular flexibility index (Phi) is 10.1. The third kappa shape index (κ3) is 7.27. The molecule has 4 rings (SSSR count). The fourth-order valence-corrected chi connectivity index (χ4v) is 7.04. The van der Waals surface area contributed by atoms with Crippen LogP contribution in [0.5, 0.6) is 11.6 Å². The molecule has 0 spiro atoms. The number of rotatable bonds is 13. The molecule has 16 heteroatoms. The van der Waals surface area contributed by atoms with Crippen molar-refractivity contribution in [1.82, 2.24) is 24.6 Å². The molecule has 1 saturated heterocycles. The number of aliphatic hydroxyl groups is 2. The fraction of sp³-hybridized carbons (Fsp3) is 0.560. The second kappa shape index (κ2) is 13.0. The summed E-state index contributed by atoms with van der Waals surface area (Å²) in [5.74, 6) is 0.682. The monoisotopic (exact) mass is 630 g/mol. The number of ether oxygens (including phenoxy) is 3. The molecule has 0 aliphatic carbocycles. The molecule has 2 aromatic heterocycles. The summed E-state index contributed by atoms with van der Waals surface area (Å²) >= 11 is 12.7. The Bertz CT molecular complexity index is 1370. The van der Waals surface area contributed by atoms with Crippen molar-refractivity contribution in [2.45, 2.75) is 76.4 Å². The predicted molar refractivity (Wildman–Crippen MR) is 157 cm³/mol. The van der Waals surface area contributed by atoms with Gasteiger partial charge in [-0.3, -0.25) is 4.57 Å². The number of nitrogens with zero attached hydrogens (tertiary/aromatic N) is 4. The molecule has 3 aromatic rings. The van der Waals surface area contributed by atoms with Crippen LogP contribution in [0.15, 0.2) is 36.7 Å². The van der Waals surface area contributed by atoms with Crippen LogP contribution in [0, 0.1) is 0 Å². The average Bonchev–Trinajstić information content (AvgIpc) is 3.41. The number of alkyl halides is 1. The Hall–Kier alpha value is -2.13. The topological polar surface area (TPSA) is 168 Å². The molecule has 1 aliphatic rings. The highest BCUT2D eigenvalue weighted by atomic mass is 35.5. The molecule has 0 radical (unpaired) electrons. The molecule has 0 bridgehead atoms. The molecule has 226 valence electrons. The molecule has 3 heterocycles. The maximum atomic E-state index is 11.2. The van der Waals surface area contributed by atoms with Gasteiger partial charge in [0.15, 0.2) is 23.7 Å². The number of nitrogens with two attached hydrogens (primary N) is 1. The van der Waals surface area contributed by atoms with E-state index in [0.29, 0.717) is 23.5 Å². The predicted octanol–water partition coefficient (Wildman–Crippen LogP) is 3.10. The summed E-state index contributed by atoms with van der Waals surface area (Å²) in [6, 6.07) is 8.26. The van der Waals surface area contributed by atoms with Crippen LogP contribution < -0.4 is 20.1 Å². The van der Waals surface area contributed by atoms with Crippen molar-refractivity contribution < 1.29 is 33.5 Å². The number of para-hydroxylation sites is 1. The molecule has 41 heavy (non-hydrogen) atoms. The molecule has 7 atom stereocenters. The molecule has 13 nitrogen and oxygen atoms in total. The lowest BCUT2D eigenvalue weighted by atomic mass is 10.0. The van der Waals surface area contributed by atoms with E-state index >= 15 is 0 Å². The summed E-state index contributed by atoms with van der Waals surface area (Å²) in [5, 5.41) is 24.7. The number of nitrogen functional groups attached to an aromatic ring is 1. The first-order valence-electron chi connectivity index (χ1n) is 13.1. The Balaban J connectivity index is 1.56. The van der Waals surface area contributed by atoms with Crippen LogP contribution >= 0.6 is 18.2 Å². The first-order chi connectivity index (χ1) is 19.3. The van der Waals surface area contributed by atoms with Gasteiger partial charge in [-0.1, -0.05) is 18.2 Å². The number of aliphatic hydroxyl groups excluding tert-OH is 2. The Morgan fingerprint density at radius 3 is 2.63 bits per heavy atom. The van der Waals surface area contributed by atoms with Crippen LogP contribution in [0.2, 0.25) is 0 Å². The SMILES string of the molecule is CCOc1nc(N)nc2c1ncn2C1OC(COP(=S)(NC(C)C(O)OC(C)C)Oc2ccccc2)C(O)C1(C)Cl. The van der Waals surface area contributed by atoms with Crippen molar-refractivity contribution in [3.05, 3.63) is 36.7 Å². The van der Waals surface area contributed by atoms with Gasteiger partial charge in [0, 0.05) is 0 Å². The number of halogens is 1. The van der Waals surface area contributed by atoms with Gasteiger partial charge in [0.05, 0.1) is 31.7 Å². The van der Waals surface area contributed by atoms with Gasteiger partial charge >= 0.3 is 6.64 Å². The second-order valence-corrected chi connectivity index (χ2v) is 13.9. The van der Waals surface area contributed by atoms with E-state index in [0.717, 1.165) is 0 Å². The van der Waals surface area contributed by atoms with E-state index in [1.54, 1.807) is 42.7 Å². The van der Waals surface area contributed by atoms with Crippen molar-refractivity contribution >= 4 is 47.2 Å². The van der Waals surface area contributed by atoms with Gasteiger partial charge in [-0.2, -0.15) is 9.97 Å². The third-order valence-corrected chi connectivity index (χ3v) is 9.17. The summed E-state index contributed by atoms with van der Waals surface area (Å²) in [6.07, 6.45) is -2.93. The Labute approximate surface area is 248 Å². The normalized spacial score (nSPS) is 25.7. The van der Waals surface area contributed by atoms with Gasteiger partial charge in [0.2, 0.25) is 11.8 Å². The van der Waals surface area contributed by atoms with Gasteiger partial charge in [-0.25, -0.2) is 10.1 Å². The molecule has 0 saturated carbocycles. The van der Waals surface area contributed by atoms with E-state index in [2.05, 4.69) is 20.0 Å². The smallest absolute Gasteiger partial charge is 0.313 e. The van der Waals surface area contributed by atoms with Crippen molar-refractivity contribution in [2.24, 2.45) is 0 Å². The highest BCUT2D eigenvalue weighted by Gasteiger charge is 2.54. The highest BCUT2D eigenvalue weighted by molar-refractivity contribution is 8.09. The van der Waals surface area contributed by atoms with Gasteiger partial charge in [-0.15, -0.1) is 11.6 Å². The number of anilines is 1. The van der Waals surface area contributed by atoms with Crippen molar-refractivity contribution in [1.29, 1.82) is 0 Å². The largest absolute Gasteiger partial charge is 0.476 e. The number of imidazole rings is 1. The van der Waals surface area contributed by atoms with Crippen molar-refractivity contribution in [2.75, 3.05) is 18.9 Å². The molecule has 1 fully saturated rings. The summed E-state index contributed by atoms with van der Waals surface area (Å²) in [4.78, 5) is 11.5. The molecule has 0 amide bonds. The molecular formula is C25H36ClN6O7PS. The van der Waals surface area contributed by atoms with E-state index in [-0.39, 0.29) is 24.5 Å². The molecule has 1 aliphatic heterocycles. The zero-order valence-electron chi connectivity index (χ0n) is 23.4. The van der Waals surface area contributed by atoms with Crippen LogP contribution in [0.25, 0.3) is 11.2 Å². The van der Waals surface area contributed by atoms with E-state index in [4.69, 9.17) is 52.4 Å². The van der Waals surface area contributed by atoms with Gasteiger partial charge in [0.25, 0.3) is 0 Å². The molecular weight excluding hydrogens is 595 g/mol. The quantitative estimate of drug-likeness (QED) is 0.124. The summed E-state index contributed by atoms with van der Waals surface area (Å²) < 4.78 is 31.0. The van der Waals surface area contributed by atoms with Crippen LogP contribution in [0.4, 0.5) is 5.95 Å². The maximum Gasteiger partial charge on any atom is 0.313 e. The van der Waals surface area contributed by atoms with Crippen molar-refractivity contribution in [3.8, 4) is 11.6 Å². The van der Waals surface area contributed by atoms with E-state index in [1.165, 1.54) is 6.33 Å². The minimum atomic E-state index is -3.32.